The van der Waals surface area contributed by atoms with Crippen molar-refractivity contribution in [2.45, 2.75) is 41.0 Å². The normalized spacial score (nSPS) is 13.3. The molecule has 0 aromatic heterocycles. The van der Waals surface area contributed by atoms with E-state index >= 15 is 0 Å². The number of ether oxygens (including phenoxy) is 1. The van der Waals surface area contributed by atoms with Crippen LogP contribution >= 0.6 is 0 Å². The maximum atomic E-state index is 12.6. The lowest BCUT2D eigenvalue weighted by molar-refractivity contribution is 0.0733. The Labute approximate surface area is 125 Å². The zero-order valence-corrected chi connectivity index (χ0v) is 13.3. The van der Waals surface area contributed by atoms with Gasteiger partial charge in [-0.25, -0.2) is 4.79 Å². The largest absolute Gasteiger partial charge is 0.422 e. The SMILES string of the molecule is Cc1cc(C)c2c(c1)Cc1c(C)c(C)cc(C)c1C(=O)O2. The van der Waals surface area contributed by atoms with Gasteiger partial charge in [-0.1, -0.05) is 23.8 Å². The Balaban J connectivity index is 2.30. The summed E-state index contributed by atoms with van der Waals surface area (Å²) in [6.07, 6.45) is 0.757. The number of aryl methyl sites for hydroxylation is 4. The molecule has 3 rings (SSSR count). The van der Waals surface area contributed by atoms with Crippen molar-refractivity contribution in [3.63, 3.8) is 0 Å². The van der Waals surface area contributed by atoms with Crippen molar-refractivity contribution in [3.8, 4) is 5.75 Å². The van der Waals surface area contributed by atoms with Gasteiger partial charge in [-0.15, -0.1) is 0 Å². The molecule has 2 nitrogen and oxygen atoms in total. The van der Waals surface area contributed by atoms with Gasteiger partial charge in [0.1, 0.15) is 5.75 Å². The Hall–Kier alpha value is -2.09. The van der Waals surface area contributed by atoms with Gasteiger partial charge in [0.2, 0.25) is 0 Å². The van der Waals surface area contributed by atoms with Crippen molar-refractivity contribution in [2.24, 2.45) is 0 Å². The van der Waals surface area contributed by atoms with Crippen molar-refractivity contribution in [1.82, 2.24) is 0 Å². The van der Waals surface area contributed by atoms with Crippen LogP contribution in [0, 0.1) is 34.6 Å². The highest BCUT2D eigenvalue weighted by Gasteiger charge is 2.26. The first-order chi connectivity index (χ1) is 9.88. The summed E-state index contributed by atoms with van der Waals surface area (Å²) in [6.45, 7) is 10.3. The standard InChI is InChI=1S/C19H20O2/c1-10-6-13(4)18-15(7-10)9-16-14(5)11(2)8-12(3)17(16)19(20)21-18/h6-8H,9H2,1-5H3. The molecule has 0 radical (unpaired) electrons. The minimum Gasteiger partial charge on any atom is -0.422 e. The molecule has 1 aliphatic rings. The summed E-state index contributed by atoms with van der Waals surface area (Å²) in [5.41, 5.74) is 8.61. The van der Waals surface area contributed by atoms with Gasteiger partial charge in [-0.05, 0) is 68.0 Å². The van der Waals surface area contributed by atoms with Gasteiger partial charge >= 0.3 is 5.97 Å². The van der Waals surface area contributed by atoms with Crippen LogP contribution in [0.1, 0.15) is 49.3 Å². The maximum absolute atomic E-state index is 12.6. The number of fused-ring (bicyclic) bond motifs is 2. The van der Waals surface area contributed by atoms with E-state index in [2.05, 4.69) is 39.0 Å². The minimum atomic E-state index is -0.226. The van der Waals surface area contributed by atoms with Gasteiger partial charge in [-0.3, -0.25) is 0 Å². The Morgan fingerprint density at radius 2 is 1.62 bits per heavy atom. The lowest BCUT2D eigenvalue weighted by atomic mass is 9.89. The van der Waals surface area contributed by atoms with Crippen molar-refractivity contribution >= 4 is 5.97 Å². The van der Waals surface area contributed by atoms with E-state index in [0.717, 1.165) is 40.0 Å². The number of benzene rings is 2. The Morgan fingerprint density at radius 1 is 0.905 bits per heavy atom. The fourth-order valence-electron chi connectivity index (χ4n) is 3.33. The maximum Gasteiger partial charge on any atom is 0.344 e. The first kappa shape index (κ1) is 13.9. The van der Waals surface area contributed by atoms with Crippen molar-refractivity contribution in [2.75, 3.05) is 0 Å². The van der Waals surface area contributed by atoms with E-state index in [1.807, 2.05) is 13.8 Å². The van der Waals surface area contributed by atoms with Crippen LogP contribution in [0.4, 0.5) is 0 Å². The predicted molar refractivity (Wildman–Crippen MR) is 84.3 cm³/mol. The average molecular weight is 280 g/mol. The molecule has 2 heteroatoms. The van der Waals surface area contributed by atoms with Crippen LogP contribution in [0.15, 0.2) is 18.2 Å². The number of hydrogen-bond donors (Lipinski definition) is 0. The molecule has 0 amide bonds. The van der Waals surface area contributed by atoms with Crippen molar-refractivity contribution in [1.29, 1.82) is 0 Å². The van der Waals surface area contributed by atoms with Crippen LogP contribution in [0.25, 0.3) is 0 Å². The molecule has 0 atom stereocenters. The zero-order chi connectivity index (χ0) is 15.3. The van der Waals surface area contributed by atoms with Crippen LogP contribution in [0.2, 0.25) is 0 Å². The van der Waals surface area contributed by atoms with E-state index < -0.39 is 0 Å². The summed E-state index contributed by atoms with van der Waals surface area (Å²) < 4.78 is 5.71. The molecule has 0 aliphatic carbocycles. The minimum absolute atomic E-state index is 0.226. The summed E-state index contributed by atoms with van der Waals surface area (Å²) in [5, 5.41) is 0. The average Bonchev–Trinajstić information content (AvgIpc) is 2.53. The van der Waals surface area contributed by atoms with E-state index in [9.17, 15) is 4.79 Å². The van der Waals surface area contributed by atoms with Gasteiger partial charge in [-0.2, -0.15) is 0 Å². The van der Waals surface area contributed by atoms with Crippen molar-refractivity contribution in [3.05, 3.63) is 62.7 Å². The second-order valence-electron chi connectivity index (χ2n) is 6.13. The molecular formula is C19H20O2. The summed E-state index contributed by atoms with van der Waals surface area (Å²) in [6, 6.07) is 6.26. The smallest absolute Gasteiger partial charge is 0.344 e. The molecule has 2 aromatic carbocycles. The quantitative estimate of drug-likeness (QED) is 0.529. The lowest BCUT2D eigenvalue weighted by Gasteiger charge is -2.13. The predicted octanol–water partition coefficient (Wildman–Crippen LogP) is 4.35. The molecular weight excluding hydrogens is 260 g/mol. The number of esters is 1. The topological polar surface area (TPSA) is 26.3 Å². The highest BCUT2D eigenvalue weighted by Crippen LogP contribution is 2.35. The fraction of sp³-hybridized carbons (Fsp3) is 0.316. The third-order valence-corrected chi connectivity index (χ3v) is 4.44. The van der Waals surface area contributed by atoms with Gasteiger partial charge < -0.3 is 4.74 Å². The van der Waals surface area contributed by atoms with E-state index in [-0.39, 0.29) is 5.97 Å². The third kappa shape index (κ3) is 2.15. The Bertz CT molecular complexity index is 770. The van der Waals surface area contributed by atoms with Crippen LogP contribution in [0.3, 0.4) is 0 Å². The molecule has 1 aliphatic heterocycles. The third-order valence-electron chi connectivity index (χ3n) is 4.44. The number of rotatable bonds is 0. The molecule has 0 saturated carbocycles. The molecule has 0 N–H and O–H groups in total. The zero-order valence-electron chi connectivity index (χ0n) is 13.3. The van der Waals surface area contributed by atoms with E-state index in [1.165, 1.54) is 16.7 Å². The fourth-order valence-corrected chi connectivity index (χ4v) is 3.33. The van der Waals surface area contributed by atoms with Gasteiger partial charge in [0.05, 0.1) is 5.56 Å². The summed E-state index contributed by atoms with van der Waals surface area (Å²) in [5.74, 6) is 0.509. The summed E-state index contributed by atoms with van der Waals surface area (Å²) in [7, 11) is 0. The van der Waals surface area contributed by atoms with Gasteiger partial charge in [0.15, 0.2) is 0 Å². The molecule has 0 unspecified atom stereocenters. The van der Waals surface area contributed by atoms with Crippen molar-refractivity contribution < 1.29 is 9.53 Å². The molecule has 0 bridgehead atoms. The van der Waals surface area contributed by atoms with Crippen LogP contribution in [0.5, 0.6) is 5.75 Å². The molecule has 2 aromatic rings. The van der Waals surface area contributed by atoms with E-state index in [0.29, 0.717) is 0 Å². The van der Waals surface area contributed by atoms with Gasteiger partial charge in [0.25, 0.3) is 0 Å². The monoisotopic (exact) mass is 280 g/mol. The molecule has 108 valence electrons. The highest BCUT2D eigenvalue weighted by atomic mass is 16.5. The van der Waals surface area contributed by atoms with Crippen LogP contribution in [-0.4, -0.2) is 5.97 Å². The Kier molecular flexibility index (Phi) is 3.12. The number of carbonyl (C=O) groups is 1. The lowest BCUT2D eigenvalue weighted by Crippen LogP contribution is -2.12. The van der Waals surface area contributed by atoms with Gasteiger partial charge in [0, 0.05) is 6.42 Å². The second-order valence-corrected chi connectivity index (χ2v) is 6.13. The molecule has 21 heavy (non-hydrogen) atoms. The number of carbonyl (C=O) groups excluding carboxylic acids is 1. The number of hydrogen-bond acceptors (Lipinski definition) is 2. The summed E-state index contributed by atoms with van der Waals surface area (Å²) >= 11 is 0. The van der Waals surface area contributed by atoms with Crippen LogP contribution in [-0.2, 0) is 6.42 Å². The highest BCUT2D eigenvalue weighted by molar-refractivity contribution is 5.96. The molecule has 0 fully saturated rings. The summed E-state index contributed by atoms with van der Waals surface area (Å²) in [4.78, 5) is 12.6. The molecule has 1 heterocycles. The Morgan fingerprint density at radius 3 is 2.33 bits per heavy atom. The van der Waals surface area contributed by atoms with Crippen LogP contribution < -0.4 is 4.74 Å². The molecule has 0 spiro atoms. The first-order valence-corrected chi connectivity index (χ1v) is 7.30. The molecule has 0 saturated heterocycles. The van der Waals surface area contributed by atoms with E-state index in [1.54, 1.807) is 0 Å². The first-order valence-electron chi connectivity index (χ1n) is 7.30. The second kappa shape index (κ2) is 4.73. The van der Waals surface area contributed by atoms with E-state index in [4.69, 9.17) is 4.74 Å².